The van der Waals surface area contributed by atoms with Crippen LogP contribution in [0.25, 0.3) is 0 Å². The summed E-state index contributed by atoms with van der Waals surface area (Å²) >= 11 is 5.90. The van der Waals surface area contributed by atoms with Crippen LogP contribution in [0, 0.1) is 11.7 Å². The number of aromatic hydroxyl groups is 2. The van der Waals surface area contributed by atoms with E-state index in [0.717, 1.165) is 0 Å². The quantitative estimate of drug-likeness (QED) is 0.797. The molecule has 0 aliphatic rings. The van der Waals surface area contributed by atoms with Crippen LogP contribution in [0.4, 0.5) is 4.39 Å². The van der Waals surface area contributed by atoms with Crippen molar-refractivity contribution in [2.24, 2.45) is 5.92 Å². The fourth-order valence-electron chi connectivity index (χ4n) is 2.04. The summed E-state index contributed by atoms with van der Waals surface area (Å²) in [6.07, 6.45) is 0. The van der Waals surface area contributed by atoms with Gasteiger partial charge in [0.1, 0.15) is 35.2 Å². The van der Waals surface area contributed by atoms with Crippen molar-refractivity contribution in [3.63, 3.8) is 0 Å². The van der Waals surface area contributed by atoms with E-state index in [1.165, 1.54) is 30.3 Å². The summed E-state index contributed by atoms with van der Waals surface area (Å²) < 4.78 is 19.0. The minimum Gasteiger partial charge on any atom is -0.507 e. The molecule has 122 valence electrons. The van der Waals surface area contributed by atoms with Crippen molar-refractivity contribution in [3.8, 4) is 17.2 Å². The fraction of sp³-hybridized carbons (Fsp3) is 0.235. The van der Waals surface area contributed by atoms with Crippen LogP contribution in [0.15, 0.2) is 30.3 Å². The Morgan fingerprint density at radius 1 is 1.26 bits per heavy atom. The van der Waals surface area contributed by atoms with Gasteiger partial charge in [-0.15, -0.1) is 0 Å². The van der Waals surface area contributed by atoms with Crippen molar-refractivity contribution in [2.75, 3.05) is 0 Å². The van der Waals surface area contributed by atoms with Crippen LogP contribution in [0.5, 0.6) is 17.2 Å². The lowest BCUT2D eigenvalue weighted by atomic mass is 9.99. The lowest BCUT2D eigenvalue weighted by Gasteiger charge is -2.13. The molecular weight excluding hydrogens is 323 g/mol. The zero-order valence-electron chi connectivity index (χ0n) is 12.6. The van der Waals surface area contributed by atoms with Gasteiger partial charge in [0, 0.05) is 23.6 Å². The number of carbonyl (C=O) groups excluding carboxylic acids is 1. The standard InChI is InChI=1S/C17H16ClFO4/c1-9(2)17(22)16-14(20)6-10(7-15(16)21)23-8-11-12(18)4-3-5-13(11)19/h3-7,9,20-21H,8H2,1-2H3. The molecule has 0 bridgehead atoms. The first kappa shape index (κ1) is 17.1. The molecule has 0 aromatic heterocycles. The number of rotatable bonds is 5. The Morgan fingerprint density at radius 3 is 2.39 bits per heavy atom. The van der Waals surface area contributed by atoms with E-state index < -0.39 is 17.3 Å². The average Bonchev–Trinajstić information content (AvgIpc) is 2.45. The van der Waals surface area contributed by atoms with Crippen LogP contribution in [0.1, 0.15) is 29.8 Å². The molecule has 4 nitrogen and oxygen atoms in total. The number of hydrogen-bond acceptors (Lipinski definition) is 4. The van der Waals surface area contributed by atoms with Gasteiger partial charge in [0.15, 0.2) is 5.78 Å². The van der Waals surface area contributed by atoms with Crippen molar-refractivity contribution in [1.29, 1.82) is 0 Å². The molecule has 23 heavy (non-hydrogen) atoms. The third-order valence-electron chi connectivity index (χ3n) is 3.29. The van der Waals surface area contributed by atoms with Crippen LogP contribution in [-0.4, -0.2) is 16.0 Å². The maximum Gasteiger partial charge on any atom is 0.172 e. The normalized spacial score (nSPS) is 10.8. The maximum atomic E-state index is 13.7. The largest absolute Gasteiger partial charge is 0.507 e. The maximum absolute atomic E-state index is 13.7. The van der Waals surface area contributed by atoms with Gasteiger partial charge in [-0.25, -0.2) is 4.39 Å². The second kappa shape index (κ2) is 6.87. The van der Waals surface area contributed by atoms with Gasteiger partial charge in [0.05, 0.1) is 5.02 Å². The number of Topliss-reactive ketones (excluding diaryl/α,β-unsaturated/α-hetero) is 1. The molecule has 0 unspecified atom stereocenters. The summed E-state index contributed by atoms with van der Waals surface area (Å²) in [6, 6.07) is 6.66. The summed E-state index contributed by atoms with van der Waals surface area (Å²) in [5.41, 5.74) is 0.00625. The molecule has 0 aliphatic carbocycles. The fourth-order valence-corrected chi connectivity index (χ4v) is 2.25. The summed E-state index contributed by atoms with van der Waals surface area (Å²) in [6.45, 7) is 3.14. The van der Waals surface area contributed by atoms with Crippen molar-refractivity contribution >= 4 is 17.4 Å². The molecule has 0 amide bonds. The molecule has 6 heteroatoms. The van der Waals surface area contributed by atoms with E-state index >= 15 is 0 Å². The van der Waals surface area contributed by atoms with Crippen LogP contribution in [-0.2, 0) is 6.61 Å². The SMILES string of the molecule is CC(C)C(=O)c1c(O)cc(OCc2c(F)cccc2Cl)cc1O. The Balaban J connectivity index is 2.24. The molecule has 0 saturated carbocycles. The number of carbonyl (C=O) groups is 1. The van der Waals surface area contributed by atoms with Crippen molar-refractivity contribution in [1.82, 2.24) is 0 Å². The number of phenols is 2. The Bertz CT molecular complexity index is 700. The van der Waals surface area contributed by atoms with E-state index in [4.69, 9.17) is 16.3 Å². The van der Waals surface area contributed by atoms with E-state index in [1.54, 1.807) is 13.8 Å². The van der Waals surface area contributed by atoms with Crippen LogP contribution < -0.4 is 4.74 Å². The molecule has 0 fully saturated rings. The molecule has 2 aromatic rings. The third-order valence-corrected chi connectivity index (χ3v) is 3.64. The van der Waals surface area contributed by atoms with E-state index in [1.807, 2.05) is 0 Å². The minimum atomic E-state index is -0.516. The van der Waals surface area contributed by atoms with Crippen molar-refractivity contribution in [2.45, 2.75) is 20.5 Å². The van der Waals surface area contributed by atoms with Gasteiger partial charge in [-0.05, 0) is 12.1 Å². The average molecular weight is 339 g/mol. The predicted molar refractivity (Wildman–Crippen MR) is 84.7 cm³/mol. The smallest absolute Gasteiger partial charge is 0.172 e. The summed E-state index contributed by atoms with van der Waals surface area (Å²) in [4.78, 5) is 11.9. The highest BCUT2D eigenvalue weighted by Gasteiger charge is 2.21. The first-order chi connectivity index (χ1) is 10.8. The zero-order chi connectivity index (χ0) is 17.1. The Hall–Kier alpha value is -2.27. The van der Waals surface area contributed by atoms with E-state index in [9.17, 15) is 19.4 Å². The van der Waals surface area contributed by atoms with Gasteiger partial charge in [0.25, 0.3) is 0 Å². The number of hydrogen-bond donors (Lipinski definition) is 2. The number of halogens is 2. The van der Waals surface area contributed by atoms with Crippen molar-refractivity contribution in [3.05, 3.63) is 52.3 Å². The van der Waals surface area contributed by atoms with E-state index in [2.05, 4.69) is 0 Å². The lowest BCUT2D eigenvalue weighted by Crippen LogP contribution is -2.08. The summed E-state index contributed by atoms with van der Waals surface area (Å²) in [5.74, 6) is -1.96. The molecule has 0 spiro atoms. The van der Waals surface area contributed by atoms with E-state index in [-0.39, 0.29) is 40.2 Å². The molecule has 2 N–H and O–H groups in total. The second-order valence-corrected chi connectivity index (χ2v) is 5.75. The van der Waals surface area contributed by atoms with Gasteiger partial charge in [-0.3, -0.25) is 4.79 Å². The van der Waals surface area contributed by atoms with Gasteiger partial charge in [-0.2, -0.15) is 0 Å². The van der Waals surface area contributed by atoms with Gasteiger partial charge in [-0.1, -0.05) is 31.5 Å². The minimum absolute atomic E-state index is 0.0969. The Labute approximate surface area is 138 Å². The van der Waals surface area contributed by atoms with Crippen LogP contribution >= 0.6 is 11.6 Å². The predicted octanol–water partition coefficient (Wildman–Crippen LogP) is 4.31. The van der Waals surface area contributed by atoms with Crippen LogP contribution in [0.3, 0.4) is 0 Å². The first-order valence-corrected chi connectivity index (χ1v) is 7.35. The van der Waals surface area contributed by atoms with E-state index in [0.29, 0.717) is 0 Å². The molecule has 0 aliphatic heterocycles. The highest BCUT2D eigenvalue weighted by Crippen LogP contribution is 2.35. The van der Waals surface area contributed by atoms with Gasteiger partial charge < -0.3 is 14.9 Å². The van der Waals surface area contributed by atoms with Gasteiger partial charge in [0.2, 0.25) is 0 Å². The molecular formula is C17H16ClFO4. The number of ether oxygens (including phenoxy) is 1. The zero-order valence-corrected chi connectivity index (χ0v) is 13.4. The lowest BCUT2D eigenvalue weighted by molar-refractivity contribution is 0.0933. The summed E-state index contributed by atoms with van der Waals surface area (Å²) in [7, 11) is 0. The first-order valence-electron chi connectivity index (χ1n) is 6.97. The van der Waals surface area contributed by atoms with Crippen molar-refractivity contribution < 1.29 is 24.1 Å². The molecule has 2 aromatic carbocycles. The highest BCUT2D eigenvalue weighted by molar-refractivity contribution is 6.31. The summed E-state index contributed by atoms with van der Waals surface area (Å²) in [5, 5.41) is 20.1. The molecule has 0 radical (unpaired) electrons. The Kier molecular flexibility index (Phi) is 5.11. The van der Waals surface area contributed by atoms with Gasteiger partial charge >= 0.3 is 0 Å². The third kappa shape index (κ3) is 3.74. The monoisotopic (exact) mass is 338 g/mol. The Morgan fingerprint density at radius 2 is 1.87 bits per heavy atom. The molecule has 2 rings (SSSR count). The highest BCUT2D eigenvalue weighted by atomic mass is 35.5. The molecule has 0 atom stereocenters. The molecule has 0 heterocycles. The van der Waals surface area contributed by atoms with Crippen LogP contribution in [0.2, 0.25) is 5.02 Å². The number of phenolic OH excluding ortho intramolecular Hbond substituents is 2. The number of ketones is 1. The molecule has 0 saturated heterocycles. The number of benzene rings is 2. The topological polar surface area (TPSA) is 66.8 Å². The second-order valence-electron chi connectivity index (χ2n) is 5.34.